The summed E-state index contributed by atoms with van der Waals surface area (Å²) in [5, 5.41) is 25.3. The topological polar surface area (TPSA) is 280 Å². The van der Waals surface area contributed by atoms with E-state index in [1.165, 1.54) is 17.0 Å². The summed E-state index contributed by atoms with van der Waals surface area (Å²) in [6.45, 7) is -0.117. The number of aldehydes is 1. The first-order valence-electron chi connectivity index (χ1n) is 15.2. The molecule has 2 saturated heterocycles. The zero-order valence-electron chi connectivity index (χ0n) is 25.8. The Morgan fingerprint density at radius 1 is 1.06 bits per heavy atom. The molecule has 0 saturated carbocycles. The van der Waals surface area contributed by atoms with Crippen LogP contribution < -0.4 is 43.4 Å². The van der Waals surface area contributed by atoms with Crippen LogP contribution in [0.5, 0.6) is 5.75 Å². The number of nitrogens with one attached hydrogen (secondary N) is 6. The Bertz CT molecular complexity index is 1330. The second kappa shape index (κ2) is 18.0. The lowest BCUT2D eigenvalue weighted by Crippen LogP contribution is -2.60. The first kappa shape index (κ1) is 36.2. The standard InChI is InChI=1S/C29H42N10O8/c30-29(31)33-9-1-3-19(25(44)34-15-24(43)32-10-12-40)37-26(45)20(13-17-5-7-18(41)8-6-17)38-27(46)22-4-2-11-39(22)28(47)21-14-23(42)36-16-35-21/h5-8,12,19-22,35,41H,1-4,9-11,13-16H2,(H,32,43)(H,34,44)(H,36,42)(H,37,45)(H,38,46)(H4,30,31,33)/t19-,20?,21-,22-/m0/s1. The number of amides is 6. The predicted octanol–water partition coefficient (Wildman–Crippen LogP) is -4.18. The van der Waals surface area contributed by atoms with Crippen LogP contribution in [0.15, 0.2) is 29.3 Å². The molecule has 4 atom stereocenters. The van der Waals surface area contributed by atoms with E-state index in [2.05, 4.69) is 36.9 Å². The van der Waals surface area contributed by atoms with Gasteiger partial charge in [0.25, 0.3) is 0 Å². The lowest BCUT2D eigenvalue weighted by Gasteiger charge is -2.31. The molecule has 18 nitrogen and oxygen atoms in total. The first-order valence-corrected chi connectivity index (χ1v) is 15.2. The number of nitrogens with two attached hydrogens (primary N) is 2. The number of aliphatic imine (C=N–C) groups is 1. The van der Waals surface area contributed by atoms with E-state index in [-0.39, 0.29) is 63.1 Å². The number of phenolic OH excluding ortho intramolecular Hbond substituents is 1. The van der Waals surface area contributed by atoms with E-state index in [9.17, 15) is 38.7 Å². The lowest BCUT2D eigenvalue weighted by atomic mass is 10.0. The van der Waals surface area contributed by atoms with Gasteiger partial charge in [-0.05, 0) is 43.4 Å². The average Bonchev–Trinajstić information content (AvgIpc) is 3.54. The summed E-state index contributed by atoms with van der Waals surface area (Å²) in [5.74, 6) is -3.46. The van der Waals surface area contributed by atoms with Crippen molar-refractivity contribution in [2.75, 3.05) is 32.8 Å². The van der Waals surface area contributed by atoms with Gasteiger partial charge in [0.2, 0.25) is 35.4 Å². The molecule has 0 radical (unpaired) electrons. The van der Waals surface area contributed by atoms with Gasteiger partial charge < -0.3 is 52.9 Å². The average molecular weight is 659 g/mol. The van der Waals surface area contributed by atoms with Gasteiger partial charge in [0, 0.05) is 19.5 Å². The van der Waals surface area contributed by atoms with Crippen molar-refractivity contribution in [1.82, 2.24) is 36.8 Å². The van der Waals surface area contributed by atoms with Gasteiger partial charge in [-0.2, -0.15) is 0 Å². The molecule has 11 N–H and O–H groups in total. The highest BCUT2D eigenvalue weighted by Gasteiger charge is 2.40. The van der Waals surface area contributed by atoms with Gasteiger partial charge in [-0.1, -0.05) is 12.1 Å². The van der Waals surface area contributed by atoms with E-state index in [1.807, 2.05) is 0 Å². The molecule has 2 fully saturated rings. The number of hydrogen-bond acceptors (Lipinski definition) is 10. The van der Waals surface area contributed by atoms with E-state index in [0.29, 0.717) is 31.2 Å². The number of rotatable bonds is 16. The van der Waals surface area contributed by atoms with Crippen molar-refractivity contribution in [3.8, 4) is 5.75 Å². The molecular weight excluding hydrogens is 616 g/mol. The van der Waals surface area contributed by atoms with Crippen LogP contribution in [0, 0.1) is 0 Å². The Balaban J connectivity index is 1.77. The number of nitrogens with zero attached hydrogens (tertiary/aromatic N) is 2. The minimum atomic E-state index is -1.22. The SMILES string of the molecule is NC(N)=NCCC[C@H](NC(=O)C(Cc1ccc(O)cc1)NC(=O)[C@@H]1CCCN1C(=O)[C@@H]1CC(=O)NCN1)C(=O)NCC(=O)NCC=O. The number of benzene rings is 1. The zero-order valence-corrected chi connectivity index (χ0v) is 25.8. The molecule has 2 aliphatic rings. The molecule has 256 valence electrons. The molecule has 1 aromatic rings. The normalized spacial score (nSPS) is 18.6. The van der Waals surface area contributed by atoms with Gasteiger partial charge >= 0.3 is 0 Å². The van der Waals surface area contributed by atoms with E-state index >= 15 is 0 Å². The van der Waals surface area contributed by atoms with Crippen LogP contribution in [0.4, 0.5) is 0 Å². The molecule has 2 heterocycles. The van der Waals surface area contributed by atoms with Gasteiger partial charge in [0.15, 0.2) is 5.96 Å². The minimum Gasteiger partial charge on any atom is -0.508 e. The molecule has 0 aliphatic carbocycles. The fourth-order valence-corrected chi connectivity index (χ4v) is 5.18. The Hall–Kier alpha value is -5.26. The number of likely N-dealkylation sites (tertiary alicyclic amines) is 1. The summed E-state index contributed by atoms with van der Waals surface area (Å²) in [4.78, 5) is 93.2. The molecule has 0 aromatic heterocycles. The quantitative estimate of drug-likeness (QED) is 0.0355. The van der Waals surface area contributed by atoms with Crippen LogP contribution in [-0.2, 0) is 40.0 Å². The monoisotopic (exact) mass is 658 g/mol. The third-order valence-electron chi connectivity index (χ3n) is 7.55. The third kappa shape index (κ3) is 11.6. The highest BCUT2D eigenvalue weighted by atomic mass is 16.3. The van der Waals surface area contributed by atoms with Gasteiger partial charge in [-0.15, -0.1) is 0 Å². The molecule has 6 amide bonds. The van der Waals surface area contributed by atoms with Crippen molar-refractivity contribution < 1.29 is 38.7 Å². The summed E-state index contributed by atoms with van der Waals surface area (Å²) in [7, 11) is 0. The van der Waals surface area contributed by atoms with Gasteiger partial charge in [0.05, 0.1) is 32.2 Å². The molecule has 1 aromatic carbocycles. The van der Waals surface area contributed by atoms with Crippen molar-refractivity contribution in [3.05, 3.63) is 29.8 Å². The lowest BCUT2D eigenvalue weighted by molar-refractivity contribution is -0.143. The summed E-state index contributed by atoms with van der Waals surface area (Å²) >= 11 is 0. The maximum absolute atomic E-state index is 13.7. The van der Waals surface area contributed by atoms with Gasteiger partial charge in [0.1, 0.15) is 30.2 Å². The van der Waals surface area contributed by atoms with E-state index in [4.69, 9.17) is 11.5 Å². The number of carbonyl (C=O) groups is 7. The first-order chi connectivity index (χ1) is 22.5. The fraction of sp³-hybridized carbons (Fsp3) is 0.517. The maximum atomic E-state index is 13.7. The van der Waals surface area contributed by atoms with Crippen LogP contribution in [-0.4, -0.2) is 115 Å². The second-order valence-electron chi connectivity index (χ2n) is 11.1. The maximum Gasteiger partial charge on any atom is 0.243 e. The smallest absolute Gasteiger partial charge is 0.243 e. The number of carbonyl (C=O) groups excluding carboxylic acids is 7. The van der Waals surface area contributed by atoms with Crippen LogP contribution in [0.3, 0.4) is 0 Å². The van der Waals surface area contributed by atoms with Crippen molar-refractivity contribution in [2.45, 2.75) is 62.7 Å². The molecule has 2 aliphatic heterocycles. The number of guanidine groups is 1. The largest absolute Gasteiger partial charge is 0.508 e. The minimum absolute atomic E-state index is 0.00131. The summed E-state index contributed by atoms with van der Waals surface area (Å²) in [6.07, 6.45) is 1.61. The summed E-state index contributed by atoms with van der Waals surface area (Å²) < 4.78 is 0. The number of phenols is 1. The van der Waals surface area contributed by atoms with Crippen LogP contribution >= 0.6 is 0 Å². The molecule has 0 bridgehead atoms. The highest BCUT2D eigenvalue weighted by Crippen LogP contribution is 2.20. The van der Waals surface area contributed by atoms with Crippen LogP contribution in [0.2, 0.25) is 0 Å². The molecular formula is C29H42N10O8. The summed E-state index contributed by atoms with van der Waals surface area (Å²) in [6, 6.07) is 1.93. The second-order valence-corrected chi connectivity index (χ2v) is 11.1. The van der Waals surface area contributed by atoms with Crippen LogP contribution in [0.1, 0.15) is 37.7 Å². The Labute approximate surface area is 270 Å². The zero-order chi connectivity index (χ0) is 34.3. The predicted molar refractivity (Wildman–Crippen MR) is 167 cm³/mol. The fourth-order valence-electron chi connectivity index (χ4n) is 5.18. The Morgan fingerprint density at radius 2 is 1.81 bits per heavy atom. The Morgan fingerprint density at radius 3 is 2.49 bits per heavy atom. The number of aromatic hydroxyl groups is 1. The molecule has 1 unspecified atom stereocenters. The third-order valence-corrected chi connectivity index (χ3v) is 7.55. The van der Waals surface area contributed by atoms with E-state index in [0.717, 1.165) is 0 Å². The molecule has 0 spiro atoms. The van der Waals surface area contributed by atoms with Crippen molar-refractivity contribution in [1.29, 1.82) is 0 Å². The number of hydrogen-bond donors (Lipinski definition) is 9. The molecule has 47 heavy (non-hydrogen) atoms. The van der Waals surface area contributed by atoms with E-state index < -0.39 is 60.2 Å². The van der Waals surface area contributed by atoms with E-state index in [1.54, 1.807) is 12.1 Å². The highest BCUT2D eigenvalue weighted by molar-refractivity contribution is 5.96. The summed E-state index contributed by atoms with van der Waals surface area (Å²) in [5.41, 5.74) is 11.3. The van der Waals surface area contributed by atoms with Crippen molar-refractivity contribution in [3.63, 3.8) is 0 Å². The van der Waals surface area contributed by atoms with Gasteiger partial charge in [-0.25, -0.2) is 0 Å². The van der Waals surface area contributed by atoms with Gasteiger partial charge in [-0.3, -0.25) is 39.1 Å². The Kier molecular flexibility index (Phi) is 13.9. The van der Waals surface area contributed by atoms with Crippen LogP contribution in [0.25, 0.3) is 0 Å². The molecule has 18 heteroatoms. The van der Waals surface area contributed by atoms with Crippen molar-refractivity contribution in [2.24, 2.45) is 16.5 Å². The van der Waals surface area contributed by atoms with Crippen molar-refractivity contribution >= 4 is 47.7 Å². The molecule has 3 rings (SSSR count).